The lowest BCUT2D eigenvalue weighted by atomic mass is 9.95. The minimum absolute atomic E-state index is 0.644. The minimum Gasteiger partial charge on any atom is -0.316 e. The zero-order valence-corrected chi connectivity index (χ0v) is 11.8. The predicted molar refractivity (Wildman–Crippen MR) is 76.7 cm³/mol. The van der Waals surface area contributed by atoms with Crippen LogP contribution < -0.4 is 5.32 Å². The molecule has 0 aliphatic carbocycles. The van der Waals surface area contributed by atoms with Crippen LogP contribution in [0.5, 0.6) is 0 Å². The predicted octanol–water partition coefficient (Wildman–Crippen LogP) is 4.30. The molecule has 1 fully saturated rings. The van der Waals surface area contributed by atoms with Gasteiger partial charge in [0, 0.05) is 6.54 Å². The van der Waals surface area contributed by atoms with Crippen molar-refractivity contribution in [1.29, 1.82) is 0 Å². The molecule has 1 heterocycles. The molecule has 1 aliphatic heterocycles. The lowest BCUT2D eigenvalue weighted by Crippen LogP contribution is -2.07. The van der Waals surface area contributed by atoms with Crippen molar-refractivity contribution >= 4 is 0 Å². The molecule has 1 heteroatoms. The average molecular weight is 233 g/mol. The first-order valence-corrected chi connectivity index (χ1v) is 6.99. The van der Waals surface area contributed by atoms with Crippen LogP contribution in [0.4, 0.5) is 0 Å². The molecule has 1 unspecified atom stereocenters. The molecule has 17 heavy (non-hydrogen) atoms. The van der Waals surface area contributed by atoms with E-state index >= 15 is 0 Å². The number of nitrogens with one attached hydrogen (secondary N) is 1. The van der Waals surface area contributed by atoms with Crippen molar-refractivity contribution < 1.29 is 0 Å². The van der Waals surface area contributed by atoms with Crippen LogP contribution in [0.15, 0.2) is 24.3 Å². The van der Waals surface area contributed by atoms with Gasteiger partial charge < -0.3 is 5.32 Å². The Balaban J connectivity index is 0.000000437. The van der Waals surface area contributed by atoms with E-state index in [1.807, 2.05) is 0 Å². The molecule has 2 rings (SSSR count). The van der Waals surface area contributed by atoms with Crippen molar-refractivity contribution in [3.63, 3.8) is 0 Å². The maximum Gasteiger partial charge on any atom is 0.00206 e. The van der Waals surface area contributed by atoms with Crippen LogP contribution in [0.1, 0.15) is 63.5 Å². The van der Waals surface area contributed by atoms with Crippen molar-refractivity contribution in [1.82, 2.24) is 5.32 Å². The van der Waals surface area contributed by atoms with Crippen molar-refractivity contribution in [2.75, 3.05) is 13.1 Å². The van der Waals surface area contributed by atoms with Crippen LogP contribution in [0, 0.1) is 0 Å². The molecule has 0 bridgehead atoms. The number of hydrogen-bond acceptors (Lipinski definition) is 1. The smallest absolute Gasteiger partial charge is 0.00206 e. The summed E-state index contributed by atoms with van der Waals surface area (Å²) in [4.78, 5) is 0. The van der Waals surface area contributed by atoms with Gasteiger partial charge in [-0.3, -0.25) is 0 Å². The van der Waals surface area contributed by atoms with Gasteiger partial charge in [0.05, 0.1) is 0 Å². The zero-order chi connectivity index (χ0) is 12.7. The third kappa shape index (κ3) is 4.51. The molecule has 0 aromatic heterocycles. The van der Waals surface area contributed by atoms with Crippen molar-refractivity contribution in [3.05, 3.63) is 35.4 Å². The quantitative estimate of drug-likeness (QED) is 0.803. The molecule has 0 spiro atoms. The molecule has 1 N–H and O–H groups in total. The highest BCUT2D eigenvalue weighted by Gasteiger charge is 2.16. The maximum atomic E-state index is 3.41. The largest absolute Gasteiger partial charge is 0.316 e. The average Bonchev–Trinajstić information content (AvgIpc) is 2.83. The Hall–Kier alpha value is -0.820. The lowest BCUT2D eigenvalue weighted by Gasteiger charge is -2.11. The first kappa shape index (κ1) is 14.2. The fourth-order valence-electron chi connectivity index (χ4n) is 2.09. The third-order valence-electron chi connectivity index (χ3n) is 3.13. The summed E-state index contributed by atoms with van der Waals surface area (Å²) < 4.78 is 0. The second-order valence-corrected chi connectivity index (χ2v) is 5.22. The Morgan fingerprint density at radius 2 is 1.76 bits per heavy atom. The summed E-state index contributed by atoms with van der Waals surface area (Å²) in [6.07, 6.45) is 2.54. The van der Waals surface area contributed by atoms with E-state index in [1.54, 1.807) is 0 Å². The molecule has 1 nitrogen and oxygen atoms in total. The number of benzene rings is 1. The summed E-state index contributed by atoms with van der Waals surface area (Å²) in [6.45, 7) is 11.1. The normalized spacial score (nSPS) is 19.0. The van der Waals surface area contributed by atoms with E-state index in [0.29, 0.717) is 5.92 Å². The summed E-state index contributed by atoms with van der Waals surface area (Å²) >= 11 is 0. The monoisotopic (exact) mass is 233 g/mol. The highest BCUT2D eigenvalue weighted by atomic mass is 14.9. The second kappa shape index (κ2) is 7.50. The van der Waals surface area contributed by atoms with Crippen LogP contribution in [-0.2, 0) is 0 Å². The van der Waals surface area contributed by atoms with Crippen LogP contribution >= 0.6 is 0 Å². The van der Waals surface area contributed by atoms with Gasteiger partial charge in [-0.1, -0.05) is 58.4 Å². The summed E-state index contributed by atoms with van der Waals surface area (Å²) in [5, 5.41) is 3.41. The topological polar surface area (TPSA) is 12.0 Å². The van der Waals surface area contributed by atoms with E-state index in [-0.39, 0.29) is 0 Å². The Labute approximate surface area is 107 Å². The fourth-order valence-corrected chi connectivity index (χ4v) is 2.09. The SMILES string of the molecule is CC(C)c1ccc(C2CCNC2)cc1.CCC. The highest BCUT2D eigenvalue weighted by Crippen LogP contribution is 2.24. The standard InChI is InChI=1S/C13H19N.C3H8/c1-10(2)11-3-5-12(6-4-11)13-7-8-14-9-13;1-3-2/h3-6,10,13-14H,7-9H2,1-2H3;3H2,1-2H3. The molecule has 0 amide bonds. The Bertz CT molecular complexity index is 294. The molecule has 1 atom stereocenters. The van der Waals surface area contributed by atoms with E-state index in [1.165, 1.54) is 30.5 Å². The maximum absolute atomic E-state index is 3.41. The fraction of sp³-hybridized carbons (Fsp3) is 0.625. The van der Waals surface area contributed by atoms with Crippen LogP contribution in [0.2, 0.25) is 0 Å². The molecule has 1 aromatic carbocycles. The lowest BCUT2D eigenvalue weighted by molar-refractivity contribution is 0.761. The molecular weight excluding hydrogens is 206 g/mol. The van der Waals surface area contributed by atoms with Crippen LogP contribution in [0.25, 0.3) is 0 Å². The van der Waals surface area contributed by atoms with Crippen LogP contribution in [0.3, 0.4) is 0 Å². The third-order valence-corrected chi connectivity index (χ3v) is 3.13. The van der Waals surface area contributed by atoms with Crippen molar-refractivity contribution in [2.45, 2.75) is 52.4 Å². The van der Waals surface area contributed by atoms with Crippen molar-refractivity contribution in [2.24, 2.45) is 0 Å². The zero-order valence-electron chi connectivity index (χ0n) is 11.8. The number of hydrogen-bond donors (Lipinski definition) is 1. The summed E-state index contributed by atoms with van der Waals surface area (Å²) in [6, 6.07) is 9.15. The van der Waals surface area contributed by atoms with E-state index in [2.05, 4.69) is 57.3 Å². The molecule has 1 aliphatic rings. The van der Waals surface area contributed by atoms with E-state index in [9.17, 15) is 0 Å². The van der Waals surface area contributed by atoms with E-state index < -0.39 is 0 Å². The Kier molecular flexibility index (Phi) is 6.28. The summed E-state index contributed by atoms with van der Waals surface area (Å²) in [5.41, 5.74) is 2.94. The summed E-state index contributed by atoms with van der Waals surface area (Å²) in [5.74, 6) is 1.39. The van der Waals surface area contributed by atoms with E-state index in [4.69, 9.17) is 0 Å². The van der Waals surface area contributed by atoms with Gasteiger partial charge >= 0.3 is 0 Å². The van der Waals surface area contributed by atoms with Gasteiger partial charge in [0.25, 0.3) is 0 Å². The van der Waals surface area contributed by atoms with Gasteiger partial charge in [0.1, 0.15) is 0 Å². The summed E-state index contributed by atoms with van der Waals surface area (Å²) in [7, 11) is 0. The van der Waals surface area contributed by atoms with Gasteiger partial charge in [-0.2, -0.15) is 0 Å². The molecule has 1 aromatic rings. The molecule has 0 radical (unpaired) electrons. The second-order valence-electron chi connectivity index (χ2n) is 5.22. The highest BCUT2D eigenvalue weighted by molar-refractivity contribution is 5.27. The van der Waals surface area contributed by atoms with Crippen molar-refractivity contribution in [3.8, 4) is 0 Å². The molecule has 96 valence electrons. The number of rotatable bonds is 2. The first-order chi connectivity index (χ1) is 8.19. The Morgan fingerprint density at radius 1 is 1.18 bits per heavy atom. The van der Waals surface area contributed by atoms with Gasteiger partial charge in [-0.15, -0.1) is 0 Å². The first-order valence-electron chi connectivity index (χ1n) is 6.99. The molecule has 0 saturated carbocycles. The molecule has 1 saturated heterocycles. The Morgan fingerprint density at radius 3 is 2.18 bits per heavy atom. The van der Waals surface area contributed by atoms with Crippen LogP contribution in [-0.4, -0.2) is 13.1 Å². The molecular formula is C16H27N. The van der Waals surface area contributed by atoms with Gasteiger partial charge in [0.2, 0.25) is 0 Å². The van der Waals surface area contributed by atoms with Gasteiger partial charge in [-0.25, -0.2) is 0 Å². The van der Waals surface area contributed by atoms with Gasteiger partial charge in [-0.05, 0) is 35.9 Å². The minimum atomic E-state index is 0.644. The van der Waals surface area contributed by atoms with E-state index in [0.717, 1.165) is 12.5 Å². The van der Waals surface area contributed by atoms with Gasteiger partial charge in [0.15, 0.2) is 0 Å².